The summed E-state index contributed by atoms with van der Waals surface area (Å²) in [6.45, 7) is 3.53. The lowest BCUT2D eigenvalue weighted by Crippen LogP contribution is -2.10. The van der Waals surface area contributed by atoms with Gasteiger partial charge in [-0.2, -0.15) is 0 Å². The summed E-state index contributed by atoms with van der Waals surface area (Å²) in [5.41, 5.74) is 0.623. The summed E-state index contributed by atoms with van der Waals surface area (Å²) in [5.74, 6) is -0.127. The summed E-state index contributed by atoms with van der Waals surface area (Å²) in [6.07, 6.45) is 3.05. The Hall–Kier alpha value is -0.700. The highest BCUT2D eigenvalue weighted by atomic mass is 32.1. The molecule has 0 saturated carbocycles. The van der Waals surface area contributed by atoms with Crippen molar-refractivity contribution in [3.63, 3.8) is 0 Å². The van der Waals surface area contributed by atoms with Crippen molar-refractivity contribution < 1.29 is 4.79 Å². The maximum absolute atomic E-state index is 10.5. The molecular weight excluding hydrogens is 122 g/mol. The third kappa shape index (κ3) is 0.648. The van der Waals surface area contributed by atoms with Crippen molar-refractivity contribution in [1.29, 1.82) is 0 Å². The van der Waals surface area contributed by atoms with Crippen LogP contribution < -0.4 is 0 Å². The summed E-state index contributed by atoms with van der Waals surface area (Å²) in [4.78, 5) is 10.5. The maximum atomic E-state index is 10.5. The number of amides is 1. The molecule has 0 fully saturated rings. The first-order valence-electron chi connectivity index (χ1n) is 2.12. The standard InChI is InChI=1S/C5H5NOS/c1-4-2-3-5(7)6(4)8/h2-3,8H,1H2. The average molecular weight is 127 g/mol. The molecule has 0 bridgehead atoms. The number of hydrogen-bond donors (Lipinski definition) is 1. The summed E-state index contributed by atoms with van der Waals surface area (Å²) in [5, 5.41) is 0. The Kier molecular flexibility index (Phi) is 1.13. The van der Waals surface area contributed by atoms with E-state index in [9.17, 15) is 4.79 Å². The van der Waals surface area contributed by atoms with E-state index in [1.807, 2.05) is 0 Å². The monoisotopic (exact) mass is 127 g/mol. The minimum Gasteiger partial charge on any atom is -0.268 e. The molecule has 1 aliphatic heterocycles. The minimum atomic E-state index is -0.127. The van der Waals surface area contributed by atoms with E-state index in [2.05, 4.69) is 19.4 Å². The van der Waals surface area contributed by atoms with Crippen LogP contribution in [-0.4, -0.2) is 10.2 Å². The van der Waals surface area contributed by atoms with E-state index in [4.69, 9.17) is 0 Å². The predicted molar refractivity (Wildman–Crippen MR) is 34.1 cm³/mol. The fourth-order valence-corrected chi connectivity index (χ4v) is 0.584. The van der Waals surface area contributed by atoms with Gasteiger partial charge in [-0.15, -0.1) is 0 Å². The molecule has 2 nitrogen and oxygen atoms in total. The molecule has 0 radical (unpaired) electrons. The Labute approximate surface area is 53.0 Å². The number of carbonyl (C=O) groups is 1. The first-order valence-corrected chi connectivity index (χ1v) is 2.52. The fourth-order valence-electron chi connectivity index (χ4n) is 0.450. The second kappa shape index (κ2) is 1.67. The van der Waals surface area contributed by atoms with Crippen LogP contribution in [0.15, 0.2) is 24.4 Å². The molecule has 0 saturated heterocycles. The summed E-state index contributed by atoms with van der Waals surface area (Å²) in [6, 6.07) is 0. The lowest BCUT2D eigenvalue weighted by Gasteiger charge is -2.04. The maximum Gasteiger partial charge on any atom is 0.260 e. The molecule has 0 aliphatic carbocycles. The van der Waals surface area contributed by atoms with Gasteiger partial charge in [-0.25, -0.2) is 0 Å². The van der Waals surface area contributed by atoms with E-state index >= 15 is 0 Å². The number of carbonyl (C=O) groups excluding carboxylic acids is 1. The highest BCUT2D eigenvalue weighted by Gasteiger charge is 2.13. The Morgan fingerprint density at radius 3 is 2.38 bits per heavy atom. The molecule has 0 N–H and O–H groups in total. The van der Waals surface area contributed by atoms with Gasteiger partial charge in [0.2, 0.25) is 0 Å². The van der Waals surface area contributed by atoms with Crippen molar-refractivity contribution >= 4 is 18.7 Å². The molecule has 3 heteroatoms. The van der Waals surface area contributed by atoms with Crippen molar-refractivity contribution in [1.82, 2.24) is 4.31 Å². The lowest BCUT2D eigenvalue weighted by molar-refractivity contribution is -0.119. The van der Waals surface area contributed by atoms with Crippen LogP contribution >= 0.6 is 12.8 Å². The summed E-state index contributed by atoms with van der Waals surface area (Å²) < 4.78 is 1.19. The largest absolute Gasteiger partial charge is 0.268 e. The Morgan fingerprint density at radius 2 is 2.25 bits per heavy atom. The molecule has 1 heterocycles. The number of rotatable bonds is 0. The van der Waals surface area contributed by atoms with E-state index in [1.165, 1.54) is 10.4 Å². The van der Waals surface area contributed by atoms with Crippen molar-refractivity contribution in [3.05, 3.63) is 24.4 Å². The lowest BCUT2D eigenvalue weighted by atomic mass is 10.5. The Bertz CT molecular complexity index is 155. The van der Waals surface area contributed by atoms with E-state index in [0.717, 1.165) is 0 Å². The smallest absolute Gasteiger partial charge is 0.260 e. The zero-order valence-corrected chi connectivity index (χ0v) is 5.06. The second-order valence-corrected chi connectivity index (χ2v) is 1.87. The Morgan fingerprint density at radius 1 is 1.62 bits per heavy atom. The molecule has 42 valence electrons. The zero-order chi connectivity index (χ0) is 6.15. The van der Waals surface area contributed by atoms with Gasteiger partial charge in [0.25, 0.3) is 5.91 Å². The van der Waals surface area contributed by atoms with Gasteiger partial charge in [-0.3, -0.25) is 9.10 Å². The molecule has 0 aromatic rings. The highest BCUT2D eigenvalue weighted by Crippen LogP contribution is 2.13. The van der Waals surface area contributed by atoms with E-state index < -0.39 is 0 Å². The van der Waals surface area contributed by atoms with Crippen LogP contribution in [0.1, 0.15) is 0 Å². The molecule has 0 aromatic heterocycles. The van der Waals surface area contributed by atoms with Gasteiger partial charge in [0.05, 0.1) is 0 Å². The SMILES string of the molecule is C=C1C=CC(=O)N1S. The number of thiol groups is 1. The van der Waals surface area contributed by atoms with Crippen LogP contribution in [0.3, 0.4) is 0 Å². The molecule has 1 rings (SSSR count). The van der Waals surface area contributed by atoms with Gasteiger partial charge in [-0.1, -0.05) is 19.4 Å². The molecule has 0 aromatic carbocycles. The van der Waals surface area contributed by atoms with Crippen LogP contribution in [0.25, 0.3) is 0 Å². The second-order valence-electron chi connectivity index (χ2n) is 1.47. The quantitative estimate of drug-likeness (QED) is 0.476. The van der Waals surface area contributed by atoms with E-state index in [-0.39, 0.29) is 5.91 Å². The summed E-state index contributed by atoms with van der Waals surface area (Å²) >= 11 is 3.80. The fraction of sp³-hybridized carbons (Fsp3) is 0. The first-order chi connectivity index (χ1) is 3.72. The number of nitrogens with zero attached hydrogens (tertiary/aromatic N) is 1. The van der Waals surface area contributed by atoms with Crippen LogP contribution in [0.5, 0.6) is 0 Å². The van der Waals surface area contributed by atoms with Crippen LogP contribution in [-0.2, 0) is 4.79 Å². The van der Waals surface area contributed by atoms with Gasteiger partial charge in [0, 0.05) is 11.8 Å². The topological polar surface area (TPSA) is 20.3 Å². The first kappa shape index (κ1) is 5.44. The zero-order valence-electron chi connectivity index (χ0n) is 4.16. The molecule has 8 heavy (non-hydrogen) atoms. The summed E-state index contributed by atoms with van der Waals surface area (Å²) in [7, 11) is 0. The van der Waals surface area contributed by atoms with Crippen molar-refractivity contribution in [2.45, 2.75) is 0 Å². The van der Waals surface area contributed by atoms with Gasteiger partial charge < -0.3 is 0 Å². The van der Waals surface area contributed by atoms with Gasteiger partial charge in [0.15, 0.2) is 0 Å². The van der Waals surface area contributed by atoms with Crippen LogP contribution in [0.2, 0.25) is 0 Å². The van der Waals surface area contributed by atoms with Crippen molar-refractivity contribution in [2.75, 3.05) is 0 Å². The van der Waals surface area contributed by atoms with E-state index in [1.54, 1.807) is 6.08 Å². The molecule has 0 unspecified atom stereocenters. The molecule has 1 amide bonds. The van der Waals surface area contributed by atoms with Crippen molar-refractivity contribution in [3.8, 4) is 0 Å². The van der Waals surface area contributed by atoms with E-state index in [0.29, 0.717) is 5.70 Å². The third-order valence-corrected chi connectivity index (χ3v) is 1.35. The molecule has 1 aliphatic rings. The minimum absolute atomic E-state index is 0.127. The van der Waals surface area contributed by atoms with Gasteiger partial charge in [-0.05, 0) is 6.08 Å². The van der Waals surface area contributed by atoms with Crippen LogP contribution in [0.4, 0.5) is 0 Å². The Balaban J connectivity index is 2.84. The van der Waals surface area contributed by atoms with Gasteiger partial charge >= 0.3 is 0 Å². The third-order valence-electron chi connectivity index (χ3n) is 0.899. The van der Waals surface area contributed by atoms with Crippen LogP contribution in [0, 0.1) is 0 Å². The van der Waals surface area contributed by atoms with Crippen molar-refractivity contribution in [2.24, 2.45) is 0 Å². The highest BCUT2D eigenvalue weighted by molar-refractivity contribution is 7.78. The number of hydrogen-bond acceptors (Lipinski definition) is 2. The normalized spacial score (nSPS) is 18.4. The number of allylic oxidation sites excluding steroid dienone is 1. The molecular formula is C5H5NOS. The van der Waals surface area contributed by atoms with Gasteiger partial charge in [0.1, 0.15) is 0 Å². The average Bonchev–Trinajstić information content (AvgIpc) is 1.98. The molecule has 0 atom stereocenters. The predicted octanol–water partition coefficient (Wildman–Crippen LogP) is 0.743. The molecule has 0 spiro atoms.